The molecular formula is C55H45N7O. The van der Waals surface area contributed by atoms with Crippen molar-refractivity contribution in [3.63, 3.8) is 0 Å². The molecule has 1 aliphatic heterocycles. The monoisotopic (exact) mass is 819 g/mol. The van der Waals surface area contributed by atoms with Gasteiger partial charge in [-0.1, -0.05) is 94.4 Å². The van der Waals surface area contributed by atoms with Crippen LogP contribution in [0.25, 0.3) is 94.5 Å². The van der Waals surface area contributed by atoms with Crippen molar-refractivity contribution in [1.29, 1.82) is 0 Å². The molecule has 8 nitrogen and oxygen atoms in total. The van der Waals surface area contributed by atoms with Gasteiger partial charge in [-0.15, -0.1) is 0 Å². The van der Waals surface area contributed by atoms with Crippen molar-refractivity contribution < 1.29 is 4.42 Å². The fraction of sp³-hybridized carbons (Fsp3) is 0.182. The predicted molar refractivity (Wildman–Crippen MR) is 256 cm³/mol. The number of furan rings is 1. The number of hydrogen-bond acceptors (Lipinski definition) is 4. The Hall–Kier alpha value is -7.45. The molecule has 63 heavy (non-hydrogen) atoms. The number of pyridine rings is 1. The van der Waals surface area contributed by atoms with Crippen LogP contribution >= 0.6 is 0 Å². The van der Waals surface area contributed by atoms with Gasteiger partial charge in [0.25, 0.3) is 0 Å². The van der Waals surface area contributed by atoms with Crippen LogP contribution in [0.5, 0.6) is 0 Å². The van der Waals surface area contributed by atoms with Crippen LogP contribution in [0.15, 0.2) is 138 Å². The lowest BCUT2D eigenvalue weighted by molar-refractivity contribution is 0.489. The van der Waals surface area contributed by atoms with E-state index in [-0.39, 0.29) is 17.4 Å². The maximum absolute atomic E-state index is 7.12. The fourth-order valence-corrected chi connectivity index (χ4v) is 11.1. The molecule has 12 aromatic rings. The molecule has 2 atom stereocenters. The van der Waals surface area contributed by atoms with E-state index in [0.29, 0.717) is 0 Å². The maximum atomic E-state index is 7.12. The zero-order valence-electron chi connectivity index (χ0n) is 36.4. The molecule has 7 heterocycles. The first-order chi connectivity index (χ1) is 30.6. The summed E-state index contributed by atoms with van der Waals surface area (Å²) >= 11 is 0. The van der Waals surface area contributed by atoms with Crippen molar-refractivity contribution in [3.05, 3.63) is 167 Å². The molecule has 0 N–H and O–H groups in total. The highest BCUT2D eigenvalue weighted by atomic mass is 16.3. The number of para-hydroxylation sites is 3. The molecule has 0 aliphatic carbocycles. The van der Waals surface area contributed by atoms with E-state index in [0.717, 1.165) is 100 Å². The van der Waals surface area contributed by atoms with E-state index in [1.807, 2.05) is 12.4 Å². The molecule has 2 unspecified atom stereocenters. The second-order valence-electron chi connectivity index (χ2n) is 18.7. The molecule has 0 radical (unpaired) electrons. The Balaban J connectivity index is 1.17. The van der Waals surface area contributed by atoms with Gasteiger partial charge in [0, 0.05) is 51.6 Å². The third kappa shape index (κ3) is 4.83. The van der Waals surface area contributed by atoms with E-state index in [1.54, 1.807) is 0 Å². The van der Waals surface area contributed by atoms with Crippen molar-refractivity contribution in [1.82, 2.24) is 33.1 Å². The van der Waals surface area contributed by atoms with Crippen LogP contribution in [-0.4, -0.2) is 33.1 Å². The fourth-order valence-electron chi connectivity index (χ4n) is 11.1. The highest BCUT2D eigenvalue weighted by molar-refractivity contribution is 6.17. The average molecular weight is 820 g/mol. The molecule has 0 saturated heterocycles. The Morgan fingerprint density at radius 3 is 2.19 bits per heavy atom. The molecule has 0 amide bonds. The van der Waals surface area contributed by atoms with E-state index in [1.165, 1.54) is 27.8 Å². The number of aromatic nitrogens is 7. The third-order valence-electron chi connectivity index (χ3n) is 14.0. The quantitative estimate of drug-likeness (QED) is 0.178. The Labute approximate surface area is 363 Å². The first kappa shape index (κ1) is 36.2. The number of fused-ring (bicyclic) bond motifs is 15. The number of imidazole rings is 3. The summed E-state index contributed by atoms with van der Waals surface area (Å²) in [6.45, 7) is 15.7. The zero-order chi connectivity index (χ0) is 42.6. The second-order valence-corrected chi connectivity index (χ2v) is 18.7. The molecule has 0 bridgehead atoms. The number of nitrogens with zero attached hydrogens (tertiary/aromatic N) is 7. The summed E-state index contributed by atoms with van der Waals surface area (Å²) in [6.07, 6.45) is 6.06. The second kappa shape index (κ2) is 12.6. The van der Waals surface area contributed by atoms with Crippen molar-refractivity contribution >= 4 is 71.6 Å². The Morgan fingerprint density at radius 2 is 1.37 bits per heavy atom. The lowest BCUT2D eigenvalue weighted by Gasteiger charge is -2.36. The van der Waals surface area contributed by atoms with E-state index < -0.39 is 0 Å². The average Bonchev–Trinajstić information content (AvgIpc) is 4.10. The van der Waals surface area contributed by atoms with Crippen LogP contribution in [0.3, 0.4) is 0 Å². The van der Waals surface area contributed by atoms with Crippen molar-refractivity contribution in [2.24, 2.45) is 0 Å². The van der Waals surface area contributed by atoms with E-state index in [9.17, 15) is 0 Å². The Bertz CT molecular complexity index is 3900. The lowest BCUT2D eigenvalue weighted by Crippen LogP contribution is -2.25. The highest BCUT2D eigenvalue weighted by Crippen LogP contribution is 2.53. The van der Waals surface area contributed by atoms with Gasteiger partial charge in [0.05, 0.1) is 44.8 Å². The summed E-state index contributed by atoms with van der Waals surface area (Å²) in [7, 11) is 0. The maximum Gasteiger partial charge on any atom is 0.221 e. The number of aryl methyl sites for hydroxylation is 3. The SMILES string of the molecule is Cc1cccc(C)c1C1C(C)c2c(cc(-n3c4ccccc4c4cc5c(cc43)n(-c3cc(C(C)(C)C)ccn3)c3nc4c(C)cccc4n53)c3oc4ccccc4c23)-c2nccn21. The van der Waals surface area contributed by atoms with Crippen molar-refractivity contribution in [3.8, 4) is 22.9 Å². The molecule has 0 spiro atoms. The van der Waals surface area contributed by atoms with Gasteiger partial charge in [0.1, 0.15) is 17.2 Å². The van der Waals surface area contributed by atoms with E-state index in [4.69, 9.17) is 19.4 Å². The van der Waals surface area contributed by atoms with Crippen LogP contribution in [0.2, 0.25) is 0 Å². The van der Waals surface area contributed by atoms with Crippen molar-refractivity contribution in [2.45, 2.75) is 65.8 Å². The van der Waals surface area contributed by atoms with Crippen LogP contribution in [-0.2, 0) is 5.41 Å². The van der Waals surface area contributed by atoms with Gasteiger partial charge in [0.15, 0.2) is 5.58 Å². The zero-order valence-corrected chi connectivity index (χ0v) is 36.4. The van der Waals surface area contributed by atoms with Gasteiger partial charge in [-0.05, 0) is 108 Å². The predicted octanol–water partition coefficient (Wildman–Crippen LogP) is 13.6. The smallest absolute Gasteiger partial charge is 0.221 e. The number of hydrogen-bond donors (Lipinski definition) is 0. The molecule has 0 saturated carbocycles. The van der Waals surface area contributed by atoms with Crippen LogP contribution < -0.4 is 0 Å². The lowest BCUT2D eigenvalue weighted by atomic mass is 9.78. The molecule has 1 aliphatic rings. The molecule has 0 fully saturated rings. The standard InChI is InChI=1S/C55H45N7O/c1-30-14-12-15-31(2)47(30)51-33(4)48-38(53-57-24-25-59(51)53)28-44(52-49(48)36-18-9-11-21-45(36)63-52)60-39-19-10-8-17-35(39)37-27-42-43(29-41(37)60)62(46-26-34(22-23-56-46)55(5,6)7)54-58-50-32(3)16-13-20-40(50)61(42)54/h8-29,33,51H,1-7H3. The summed E-state index contributed by atoms with van der Waals surface area (Å²) in [5, 5.41) is 4.57. The summed E-state index contributed by atoms with van der Waals surface area (Å²) in [6, 6.07) is 41.9. The van der Waals surface area contributed by atoms with E-state index in [2.05, 4.69) is 188 Å². The highest BCUT2D eigenvalue weighted by Gasteiger charge is 2.38. The van der Waals surface area contributed by atoms with Gasteiger partial charge >= 0.3 is 0 Å². The normalized spacial score (nSPS) is 15.5. The minimum Gasteiger partial charge on any atom is -0.454 e. The van der Waals surface area contributed by atoms with Gasteiger partial charge in [-0.3, -0.25) is 8.97 Å². The summed E-state index contributed by atoms with van der Waals surface area (Å²) in [4.78, 5) is 15.6. The molecule has 8 heteroatoms. The Morgan fingerprint density at radius 1 is 0.619 bits per heavy atom. The molecule has 306 valence electrons. The number of benzene rings is 6. The van der Waals surface area contributed by atoms with Crippen LogP contribution in [0, 0.1) is 20.8 Å². The largest absolute Gasteiger partial charge is 0.454 e. The van der Waals surface area contributed by atoms with Gasteiger partial charge in [0.2, 0.25) is 5.78 Å². The van der Waals surface area contributed by atoms with Gasteiger partial charge in [-0.2, -0.15) is 0 Å². The van der Waals surface area contributed by atoms with E-state index >= 15 is 0 Å². The van der Waals surface area contributed by atoms with Crippen LogP contribution in [0.1, 0.15) is 73.0 Å². The molecular weight excluding hydrogens is 775 g/mol. The summed E-state index contributed by atoms with van der Waals surface area (Å²) < 4.78 is 16.5. The van der Waals surface area contributed by atoms with Crippen LogP contribution in [0.4, 0.5) is 0 Å². The third-order valence-corrected chi connectivity index (χ3v) is 14.0. The summed E-state index contributed by atoms with van der Waals surface area (Å²) in [5.74, 6) is 2.76. The Kier molecular flexibility index (Phi) is 7.23. The topological polar surface area (TPSA) is 71.0 Å². The van der Waals surface area contributed by atoms with Gasteiger partial charge < -0.3 is 13.6 Å². The molecule has 6 aromatic heterocycles. The minimum atomic E-state index is -0.0667. The molecule has 13 rings (SSSR count). The molecule has 6 aromatic carbocycles. The van der Waals surface area contributed by atoms with Gasteiger partial charge in [-0.25, -0.2) is 15.0 Å². The first-order valence-electron chi connectivity index (χ1n) is 22.0. The minimum absolute atomic E-state index is 0.0667. The summed E-state index contributed by atoms with van der Waals surface area (Å²) in [5.41, 5.74) is 17.7. The van der Waals surface area contributed by atoms with Crippen molar-refractivity contribution in [2.75, 3.05) is 0 Å². The first-order valence-corrected chi connectivity index (χ1v) is 22.0. The number of rotatable bonds is 3.